The lowest BCUT2D eigenvalue weighted by atomic mass is 10.2. The molecule has 0 aliphatic rings. The van der Waals surface area contributed by atoms with Crippen molar-refractivity contribution in [3.05, 3.63) is 54.1 Å². The molecule has 0 bridgehead atoms. The van der Waals surface area contributed by atoms with E-state index >= 15 is 0 Å². The summed E-state index contributed by atoms with van der Waals surface area (Å²) in [5.41, 5.74) is 3.33. The van der Waals surface area contributed by atoms with Crippen molar-refractivity contribution < 1.29 is 0 Å². The van der Waals surface area contributed by atoms with Crippen molar-refractivity contribution in [2.45, 2.75) is 6.92 Å². The first-order valence-electron chi connectivity index (χ1n) is 5.60. The number of aryl methyl sites for hydroxylation is 1. The number of aromatic amines is 1. The van der Waals surface area contributed by atoms with Gasteiger partial charge in [0.25, 0.3) is 0 Å². The maximum absolute atomic E-state index is 4.30. The van der Waals surface area contributed by atoms with Crippen LogP contribution >= 0.6 is 0 Å². The van der Waals surface area contributed by atoms with Gasteiger partial charge in [0, 0.05) is 11.1 Å². The van der Waals surface area contributed by atoms with Gasteiger partial charge in [-0.3, -0.25) is 5.10 Å². The molecule has 0 saturated heterocycles. The van der Waals surface area contributed by atoms with E-state index in [0.29, 0.717) is 0 Å². The van der Waals surface area contributed by atoms with Crippen LogP contribution in [0.2, 0.25) is 0 Å². The molecule has 0 amide bonds. The summed E-state index contributed by atoms with van der Waals surface area (Å²) in [6, 6.07) is 16.3. The molecule has 0 fully saturated rings. The molecule has 1 aromatic heterocycles. The molecule has 0 atom stereocenters. The Kier molecular flexibility index (Phi) is 2.29. The number of aromatic nitrogens is 2. The van der Waals surface area contributed by atoms with E-state index in [1.807, 2.05) is 30.3 Å². The number of nitrogens with zero attached hydrogens (tertiary/aromatic N) is 1. The van der Waals surface area contributed by atoms with Crippen LogP contribution in [0.25, 0.3) is 10.9 Å². The maximum Gasteiger partial charge on any atom is 0.160 e. The van der Waals surface area contributed by atoms with E-state index in [1.54, 1.807) is 0 Å². The first-order valence-corrected chi connectivity index (χ1v) is 5.60. The Balaban J connectivity index is 2.01. The summed E-state index contributed by atoms with van der Waals surface area (Å²) in [6.07, 6.45) is 0. The van der Waals surface area contributed by atoms with E-state index in [4.69, 9.17) is 0 Å². The summed E-state index contributed by atoms with van der Waals surface area (Å²) in [7, 11) is 0. The number of hydrogen-bond donors (Lipinski definition) is 2. The average Bonchev–Trinajstić information content (AvgIpc) is 2.73. The Labute approximate surface area is 99.5 Å². The Morgan fingerprint density at radius 1 is 1.06 bits per heavy atom. The Morgan fingerprint density at radius 2 is 1.88 bits per heavy atom. The fourth-order valence-electron chi connectivity index (χ4n) is 1.89. The van der Waals surface area contributed by atoms with Gasteiger partial charge in [0.15, 0.2) is 5.82 Å². The average molecular weight is 223 g/mol. The molecular weight excluding hydrogens is 210 g/mol. The molecule has 3 aromatic rings. The van der Waals surface area contributed by atoms with E-state index < -0.39 is 0 Å². The SMILES string of the molecule is Cc1ccc2c(Nc3ccccc3)n[nH]c2c1. The monoisotopic (exact) mass is 223 g/mol. The van der Waals surface area contributed by atoms with Crippen molar-refractivity contribution >= 4 is 22.4 Å². The number of anilines is 2. The fourth-order valence-corrected chi connectivity index (χ4v) is 1.89. The van der Waals surface area contributed by atoms with Crippen molar-refractivity contribution in [1.82, 2.24) is 10.2 Å². The molecule has 3 rings (SSSR count). The molecule has 2 N–H and O–H groups in total. The predicted octanol–water partition coefficient (Wildman–Crippen LogP) is 3.61. The molecule has 0 spiro atoms. The van der Waals surface area contributed by atoms with Crippen molar-refractivity contribution in [1.29, 1.82) is 0 Å². The minimum absolute atomic E-state index is 0.867. The smallest absolute Gasteiger partial charge is 0.160 e. The molecular formula is C14H13N3. The first-order chi connectivity index (χ1) is 8.33. The molecule has 84 valence electrons. The molecule has 2 aromatic carbocycles. The molecule has 0 radical (unpaired) electrons. The molecule has 0 aliphatic carbocycles. The van der Waals surface area contributed by atoms with E-state index in [9.17, 15) is 0 Å². The number of H-pyrrole nitrogens is 1. The van der Waals surface area contributed by atoms with Crippen LogP contribution in [0.15, 0.2) is 48.5 Å². The van der Waals surface area contributed by atoms with Crippen molar-refractivity contribution in [3.63, 3.8) is 0 Å². The zero-order chi connectivity index (χ0) is 11.7. The van der Waals surface area contributed by atoms with E-state index in [1.165, 1.54) is 5.56 Å². The van der Waals surface area contributed by atoms with Crippen molar-refractivity contribution in [2.24, 2.45) is 0 Å². The van der Waals surface area contributed by atoms with Crippen LogP contribution in [0.3, 0.4) is 0 Å². The van der Waals surface area contributed by atoms with Gasteiger partial charge in [0.05, 0.1) is 5.52 Å². The highest BCUT2D eigenvalue weighted by Crippen LogP contribution is 2.24. The number of hydrogen-bond acceptors (Lipinski definition) is 2. The van der Waals surface area contributed by atoms with Crippen LogP contribution < -0.4 is 5.32 Å². The Hall–Kier alpha value is -2.29. The quantitative estimate of drug-likeness (QED) is 0.696. The number of para-hydroxylation sites is 1. The highest BCUT2D eigenvalue weighted by atomic mass is 15.2. The number of rotatable bonds is 2. The molecule has 0 aliphatic heterocycles. The van der Waals surface area contributed by atoms with E-state index in [-0.39, 0.29) is 0 Å². The second-order valence-electron chi connectivity index (χ2n) is 4.11. The highest BCUT2D eigenvalue weighted by Gasteiger charge is 2.05. The van der Waals surface area contributed by atoms with Crippen LogP contribution in [0.1, 0.15) is 5.56 Å². The molecule has 17 heavy (non-hydrogen) atoms. The second-order valence-corrected chi connectivity index (χ2v) is 4.11. The van der Waals surface area contributed by atoms with Crippen LogP contribution in [0.5, 0.6) is 0 Å². The maximum atomic E-state index is 4.30. The third kappa shape index (κ3) is 1.87. The summed E-state index contributed by atoms with van der Waals surface area (Å²) in [6.45, 7) is 2.07. The third-order valence-corrected chi connectivity index (χ3v) is 2.75. The van der Waals surface area contributed by atoms with Crippen LogP contribution in [0, 0.1) is 6.92 Å². The Morgan fingerprint density at radius 3 is 2.71 bits per heavy atom. The minimum atomic E-state index is 0.867. The number of benzene rings is 2. The lowest BCUT2D eigenvalue weighted by molar-refractivity contribution is 1.12. The van der Waals surface area contributed by atoms with Gasteiger partial charge >= 0.3 is 0 Å². The molecule has 0 unspecified atom stereocenters. The Bertz CT molecular complexity index is 641. The van der Waals surface area contributed by atoms with Gasteiger partial charge in [-0.2, -0.15) is 5.10 Å². The minimum Gasteiger partial charge on any atom is -0.338 e. The van der Waals surface area contributed by atoms with Gasteiger partial charge in [-0.15, -0.1) is 0 Å². The summed E-state index contributed by atoms with van der Waals surface area (Å²) < 4.78 is 0. The zero-order valence-electron chi connectivity index (χ0n) is 9.57. The number of fused-ring (bicyclic) bond motifs is 1. The van der Waals surface area contributed by atoms with Gasteiger partial charge in [-0.1, -0.05) is 24.3 Å². The van der Waals surface area contributed by atoms with Gasteiger partial charge in [-0.05, 0) is 36.8 Å². The third-order valence-electron chi connectivity index (χ3n) is 2.75. The van der Waals surface area contributed by atoms with Crippen LogP contribution in [-0.2, 0) is 0 Å². The standard InChI is InChI=1S/C14H13N3/c1-10-7-8-12-13(9-10)16-17-14(12)15-11-5-3-2-4-6-11/h2-9H,1H3,(H2,15,16,17). The van der Waals surface area contributed by atoms with Crippen molar-refractivity contribution in [2.75, 3.05) is 5.32 Å². The van der Waals surface area contributed by atoms with Gasteiger partial charge < -0.3 is 5.32 Å². The largest absolute Gasteiger partial charge is 0.338 e. The molecule has 1 heterocycles. The lowest BCUT2D eigenvalue weighted by Crippen LogP contribution is -1.90. The molecule has 3 heteroatoms. The topological polar surface area (TPSA) is 40.7 Å². The first kappa shape index (κ1) is 9.90. The van der Waals surface area contributed by atoms with Crippen LogP contribution in [0.4, 0.5) is 11.5 Å². The van der Waals surface area contributed by atoms with Crippen LogP contribution in [-0.4, -0.2) is 10.2 Å². The van der Waals surface area contributed by atoms with E-state index in [0.717, 1.165) is 22.4 Å². The predicted molar refractivity (Wildman–Crippen MR) is 70.6 cm³/mol. The summed E-state index contributed by atoms with van der Waals surface area (Å²) in [5.74, 6) is 0.867. The lowest BCUT2D eigenvalue weighted by Gasteiger charge is -2.02. The summed E-state index contributed by atoms with van der Waals surface area (Å²) >= 11 is 0. The second kappa shape index (κ2) is 3.94. The fraction of sp³-hybridized carbons (Fsp3) is 0.0714. The van der Waals surface area contributed by atoms with Gasteiger partial charge in [0.1, 0.15) is 0 Å². The molecule has 0 saturated carbocycles. The van der Waals surface area contributed by atoms with Crippen molar-refractivity contribution in [3.8, 4) is 0 Å². The van der Waals surface area contributed by atoms with E-state index in [2.05, 4.69) is 40.6 Å². The molecule has 3 nitrogen and oxygen atoms in total. The normalized spacial score (nSPS) is 10.6. The number of nitrogens with one attached hydrogen (secondary N) is 2. The van der Waals surface area contributed by atoms with Gasteiger partial charge in [0.2, 0.25) is 0 Å². The zero-order valence-corrected chi connectivity index (χ0v) is 9.57. The summed E-state index contributed by atoms with van der Waals surface area (Å²) in [5, 5.41) is 11.7. The highest BCUT2D eigenvalue weighted by molar-refractivity contribution is 5.91. The van der Waals surface area contributed by atoms with Gasteiger partial charge in [-0.25, -0.2) is 0 Å². The summed E-state index contributed by atoms with van der Waals surface area (Å²) in [4.78, 5) is 0.